The highest BCUT2D eigenvalue weighted by Crippen LogP contribution is 2.29. The first kappa shape index (κ1) is 18.5. The highest BCUT2D eigenvalue weighted by atomic mass is 79.9. The predicted octanol–water partition coefficient (Wildman–Crippen LogP) is 4.36. The van der Waals surface area contributed by atoms with Gasteiger partial charge >= 0.3 is 0 Å². The third-order valence-electron chi connectivity index (χ3n) is 3.08. The van der Waals surface area contributed by atoms with Crippen molar-refractivity contribution in [2.45, 2.75) is 46.1 Å². The van der Waals surface area contributed by atoms with Crippen molar-refractivity contribution in [2.75, 3.05) is 26.3 Å². The molecule has 0 fully saturated rings. The van der Waals surface area contributed by atoms with Crippen LogP contribution in [0.2, 0.25) is 0 Å². The minimum atomic E-state index is 0.320. The zero-order valence-electron chi connectivity index (χ0n) is 13.6. The van der Waals surface area contributed by atoms with Crippen LogP contribution in [0, 0.1) is 0 Å². The Bertz CT molecular complexity index is 408. The van der Waals surface area contributed by atoms with Crippen LogP contribution >= 0.6 is 15.9 Å². The molecule has 0 bridgehead atoms. The lowest BCUT2D eigenvalue weighted by molar-refractivity contribution is 0.0770. The summed E-state index contributed by atoms with van der Waals surface area (Å²) in [4.78, 5) is 0. The van der Waals surface area contributed by atoms with E-state index in [1.54, 1.807) is 0 Å². The van der Waals surface area contributed by atoms with E-state index in [1.807, 2.05) is 12.1 Å². The molecular weight excluding hydrogens is 330 g/mol. The normalized spacial score (nSPS) is 11.4. The van der Waals surface area contributed by atoms with Crippen LogP contribution in [0.4, 0.5) is 0 Å². The minimum absolute atomic E-state index is 0.320. The first-order chi connectivity index (χ1) is 10.0. The number of nitrogens with one attached hydrogen (secondary N) is 1. The van der Waals surface area contributed by atoms with Crippen LogP contribution in [0.25, 0.3) is 0 Å². The molecule has 0 aliphatic rings. The van der Waals surface area contributed by atoms with Crippen LogP contribution in [-0.4, -0.2) is 32.4 Å². The van der Waals surface area contributed by atoms with Crippen molar-refractivity contribution in [1.29, 1.82) is 0 Å². The Hall–Kier alpha value is -0.580. The number of hydrogen-bond donors (Lipinski definition) is 1. The quantitative estimate of drug-likeness (QED) is 0.631. The van der Waals surface area contributed by atoms with Crippen LogP contribution in [-0.2, 0) is 4.74 Å². The third-order valence-corrected chi connectivity index (χ3v) is 3.57. The van der Waals surface area contributed by atoms with Gasteiger partial charge in [-0.1, -0.05) is 29.8 Å². The third kappa shape index (κ3) is 7.84. The maximum absolute atomic E-state index is 5.88. The van der Waals surface area contributed by atoms with Crippen LogP contribution < -0.4 is 10.1 Å². The molecule has 0 atom stereocenters. The Morgan fingerprint density at radius 1 is 1.10 bits per heavy atom. The smallest absolute Gasteiger partial charge is 0.122 e. The summed E-state index contributed by atoms with van der Waals surface area (Å²) in [6, 6.07) is 6.20. The van der Waals surface area contributed by atoms with Crippen LogP contribution in [0.5, 0.6) is 5.75 Å². The fourth-order valence-corrected chi connectivity index (χ4v) is 2.36. The Morgan fingerprint density at radius 3 is 2.52 bits per heavy atom. The van der Waals surface area contributed by atoms with Crippen molar-refractivity contribution in [3.8, 4) is 5.75 Å². The second-order valence-electron chi connectivity index (χ2n) is 5.71. The minimum Gasteiger partial charge on any atom is -0.492 e. The molecule has 1 rings (SSSR count). The fourth-order valence-electron chi connectivity index (χ4n) is 1.98. The van der Waals surface area contributed by atoms with E-state index in [4.69, 9.17) is 9.47 Å². The molecule has 0 spiro atoms. The lowest BCUT2D eigenvalue weighted by Gasteiger charge is -2.15. The molecule has 1 aromatic carbocycles. The van der Waals surface area contributed by atoms with Crippen LogP contribution in [0.1, 0.15) is 45.6 Å². The van der Waals surface area contributed by atoms with Crippen molar-refractivity contribution in [3.63, 3.8) is 0 Å². The van der Waals surface area contributed by atoms with Gasteiger partial charge in [0, 0.05) is 17.6 Å². The van der Waals surface area contributed by atoms with Gasteiger partial charge < -0.3 is 14.8 Å². The first-order valence-corrected chi connectivity index (χ1v) is 8.54. The van der Waals surface area contributed by atoms with Crippen LogP contribution in [0.3, 0.4) is 0 Å². The number of ether oxygens (including phenoxy) is 2. The molecular formula is C17H28BrNO2. The van der Waals surface area contributed by atoms with Crippen molar-refractivity contribution < 1.29 is 9.47 Å². The number of rotatable bonds is 10. The Morgan fingerprint density at radius 2 is 1.86 bits per heavy atom. The van der Waals surface area contributed by atoms with Crippen LogP contribution in [0.15, 0.2) is 22.7 Å². The molecule has 0 aliphatic carbocycles. The van der Waals surface area contributed by atoms with E-state index in [2.05, 4.69) is 55.0 Å². The Balaban J connectivity index is 2.21. The van der Waals surface area contributed by atoms with Gasteiger partial charge in [-0.3, -0.25) is 0 Å². The van der Waals surface area contributed by atoms with Crippen molar-refractivity contribution in [2.24, 2.45) is 0 Å². The molecule has 1 aromatic rings. The van der Waals surface area contributed by atoms with Crippen molar-refractivity contribution >= 4 is 15.9 Å². The van der Waals surface area contributed by atoms with Gasteiger partial charge in [0.1, 0.15) is 12.4 Å². The van der Waals surface area contributed by atoms with E-state index in [0.29, 0.717) is 18.6 Å². The summed E-state index contributed by atoms with van der Waals surface area (Å²) in [5.74, 6) is 1.44. The molecule has 0 saturated heterocycles. The molecule has 1 N–H and O–H groups in total. The molecule has 0 aliphatic heterocycles. The molecule has 0 aromatic heterocycles. The predicted molar refractivity (Wildman–Crippen MR) is 92.3 cm³/mol. The SMILES string of the molecule is CC(C)OCCCNCCOc1ccc(Br)cc1C(C)C. The fraction of sp³-hybridized carbons (Fsp3) is 0.647. The topological polar surface area (TPSA) is 30.5 Å². The maximum Gasteiger partial charge on any atom is 0.122 e. The van der Waals surface area contributed by atoms with E-state index in [9.17, 15) is 0 Å². The van der Waals surface area contributed by atoms with E-state index in [1.165, 1.54) is 5.56 Å². The molecule has 0 unspecified atom stereocenters. The molecule has 3 nitrogen and oxygen atoms in total. The molecule has 0 heterocycles. The van der Waals surface area contributed by atoms with E-state index >= 15 is 0 Å². The zero-order chi connectivity index (χ0) is 15.7. The summed E-state index contributed by atoms with van der Waals surface area (Å²) in [5, 5.41) is 3.38. The van der Waals surface area contributed by atoms with E-state index in [-0.39, 0.29) is 0 Å². The van der Waals surface area contributed by atoms with Gasteiger partial charge in [0.25, 0.3) is 0 Å². The lowest BCUT2D eigenvalue weighted by atomic mass is 10.0. The van der Waals surface area contributed by atoms with E-state index in [0.717, 1.165) is 36.3 Å². The summed E-state index contributed by atoms with van der Waals surface area (Å²) in [5.41, 5.74) is 1.25. The van der Waals surface area contributed by atoms with E-state index < -0.39 is 0 Å². The molecule has 21 heavy (non-hydrogen) atoms. The summed E-state index contributed by atoms with van der Waals surface area (Å²) >= 11 is 3.51. The van der Waals surface area contributed by atoms with Gasteiger partial charge in [0.05, 0.1) is 6.10 Å². The molecule has 0 amide bonds. The summed E-state index contributed by atoms with van der Waals surface area (Å²) in [6.45, 7) is 11.8. The highest BCUT2D eigenvalue weighted by molar-refractivity contribution is 9.10. The summed E-state index contributed by atoms with van der Waals surface area (Å²) in [7, 11) is 0. The zero-order valence-corrected chi connectivity index (χ0v) is 15.2. The molecule has 0 saturated carbocycles. The molecule has 120 valence electrons. The Labute approximate surface area is 137 Å². The second-order valence-corrected chi connectivity index (χ2v) is 6.62. The average molecular weight is 358 g/mol. The second kappa shape index (κ2) is 10.2. The molecule has 4 heteroatoms. The first-order valence-electron chi connectivity index (χ1n) is 7.75. The molecule has 0 radical (unpaired) electrons. The summed E-state index contributed by atoms with van der Waals surface area (Å²) < 4.78 is 12.5. The number of hydrogen-bond acceptors (Lipinski definition) is 3. The number of halogens is 1. The largest absolute Gasteiger partial charge is 0.492 e. The van der Waals surface area contributed by atoms with Crippen molar-refractivity contribution in [1.82, 2.24) is 5.32 Å². The highest BCUT2D eigenvalue weighted by Gasteiger charge is 2.08. The monoisotopic (exact) mass is 357 g/mol. The van der Waals surface area contributed by atoms with Gasteiger partial charge in [0.15, 0.2) is 0 Å². The maximum atomic E-state index is 5.88. The summed E-state index contributed by atoms with van der Waals surface area (Å²) in [6.07, 6.45) is 1.36. The van der Waals surface area contributed by atoms with Gasteiger partial charge in [-0.15, -0.1) is 0 Å². The standard InChI is InChI=1S/C17H28BrNO2/c1-13(2)16-12-15(18)6-7-17(16)21-11-9-19-8-5-10-20-14(3)4/h6-7,12-14,19H,5,8-11H2,1-4H3. The average Bonchev–Trinajstić information content (AvgIpc) is 2.42. The number of benzene rings is 1. The van der Waals surface area contributed by atoms with Gasteiger partial charge in [-0.05, 0) is 56.5 Å². The lowest BCUT2D eigenvalue weighted by Crippen LogP contribution is -2.23. The van der Waals surface area contributed by atoms with Gasteiger partial charge in [0.2, 0.25) is 0 Å². The van der Waals surface area contributed by atoms with Gasteiger partial charge in [-0.25, -0.2) is 0 Å². The van der Waals surface area contributed by atoms with Crippen molar-refractivity contribution in [3.05, 3.63) is 28.2 Å². The van der Waals surface area contributed by atoms with Gasteiger partial charge in [-0.2, -0.15) is 0 Å². The Kier molecular flexibility index (Phi) is 8.97.